The summed E-state index contributed by atoms with van der Waals surface area (Å²) in [5.74, 6) is 0.866. The molecule has 4 nitrogen and oxygen atoms in total. The second-order valence-corrected chi connectivity index (χ2v) is 5.23. The van der Waals surface area contributed by atoms with Gasteiger partial charge in [0, 0.05) is 37.9 Å². The van der Waals surface area contributed by atoms with Crippen LogP contribution in [0.25, 0.3) is 0 Å². The normalized spacial score (nSPS) is 23.8. The van der Waals surface area contributed by atoms with Crippen molar-refractivity contribution in [2.24, 2.45) is 18.7 Å². The summed E-state index contributed by atoms with van der Waals surface area (Å²) >= 11 is 0. The number of hydrogen-bond donors (Lipinski definition) is 1. The zero-order chi connectivity index (χ0) is 12.3. The van der Waals surface area contributed by atoms with E-state index in [1.54, 1.807) is 0 Å². The minimum atomic E-state index is 0.0966. The molecule has 0 spiro atoms. The van der Waals surface area contributed by atoms with Crippen molar-refractivity contribution in [2.75, 3.05) is 19.6 Å². The fourth-order valence-corrected chi connectivity index (χ4v) is 2.67. The van der Waals surface area contributed by atoms with Gasteiger partial charge in [0.25, 0.3) is 0 Å². The SMILES string of the molecule is CCC1CCCN(CC(N)c2cnn(C)c2)C1. The molecule has 1 fully saturated rings. The molecule has 1 saturated heterocycles. The molecule has 0 amide bonds. The highest BCUT2D eigenvalue weighted by Crippen LogP contribution is 2.21. The molecule has 0 aliphatic carbocycles. The van der Waals surface area contributed by atoms with Crippen molar-refractivity contribution in [1.82, 2.24) is 14.7 Å². The fourth-order valence-electron chi connectivity index (χ4n) is 2.67. The van der Waals surface area contributed by atoms with E-state index in [1.807, 2.05) is 24.1 Å². The van der Waals surface area contributed by atoms with Gasteiger partial charge in [-0.3, -0.25) is 4.68 Å². The van der Waals surface area contributed by atoms with Gasteiger partial charge >= 0.3 is 0 Å². The molecule has 1 aromatic rings. The maximum Gasteiger partial charge on any atom is 0.0537 e. The van der Waals surface area contributed by atoms with Crippen molar-refractivity contribution in [3.05, 3.63) is 18.0 Å². The van der Waals surface area contributed by atoms with Gasteiger partial charge in [-0.05, 0) is 25.3 Å². The van der Waals surface area contributed by atoms with E-state index in [0.29, 0.717) is 0 Å². The Bertz CT molecular complexity index is 347. The molecule has 2 rings (SSSR count). The minimum Gasteiger partial charge on any atom is -0.323 e. The van der Waals surface area contributed by atoms with Crippen LogP contribution in [-0.2, 0) is 7.05 Å². The lowest BCUT2D eigenvalue weighted by atomic mass is 9.95. The highest BCUT2D eigenvalue weighted by molar-refractivity contribution is 5.10. The molecule has 17 heavy (non-hydrogen) atoms. The summed E-state index contributed by atoms with van der Waals surface area (Å²) in [4.78, 5) is 2.51. The van der Waals surface area contributed by atoms with Crippen LogP contribution in [0.15, 0.2) is 12.4 Å². The maximum atomic E-state index is 6.23. The zero-order valence-electron chi connectivity index (χ0n) is 11.0. The number of likely N-dealkylation sites (tertiary alicyclic amines) is 1. The first-order chi connectivity index (χ1) is 8.19. The first-order valence-corrected chi connectivity index (χ1v) is 6.65. The van der Waals surface area contributed by atoms with Gasteiger partial charge in [-0.15, -0.1) is 0 Å². The van der Waals surface area contributed by atoms with Crippen LogP contribution in [0.1, 0.15) is 37.8 Å². The third kappa shape index (κ3) is 3.30. The van der Waals surface area contributed by atoms with Crippen LogP contribution in [-0.4, -0.2) is 34.3 Å². The van der Waals surface area contributed by atoms with E-state index in [1.165, 1.54) is 32.4 Å². The molecule has 2 unspecified atom stereocenters. The minimum absolute atomic E-state index is 0.0966. The molecule has 0 aromatic carbocycles. The third-order valence-electron chi connectivity index (χ3n) is 3.79. The van der Waals surface area contributed by atoms with Crippen LogP contribution >= 0.6 is 0 Å². The van der Waals surface area contributed by atoms with Crippen molar-refractivity contribution in [1.29, 1.82) is 0 Å². The zero-order valence-corrected chi connectivity index (χ0v) is 11.0. The van der Waals surface area contributed by atoms with Crippen molar-refractivity contribution in [2.45, 2.75) is 32.2 Å². The number of aryl methyl sites for hydroxylation is 1. The summed E-state index contributed by atoms with van der Waals surface area (Å²) in [5, 5.41) is 4.18. The largest absolute Gasteiger partial charge is 0.323 e. The van der Waals surface area contributed by atoms with Gasteiger partial charge < -0.3 is 10.6 Å². The molecule has 2 heterocycles. The molecule has 1 aromatic heterocycles. The predicted octanol–water partition coefficient (Wildman–Crippen LogP) is 1.54. The lowest BCUT2D eigenvalue weighted by Gasteiger charge is -2.33. The molecule has 4 heteroatoms. The summed E-state index contributed by atoms with van der Waals surface area (Å²) in [6.07, 6.45) is 7.89. The first-order valence-electron chi connectivity index (χ1n) is 6.65. The van der Waals surface area contributed by atoms with E-state index in [0.717, 1.165) is 18.0 Å². The van der Waals surface area contributed by atoms with Gasteiger partial charge in [-0.1, -0.05) is 13.3 Å². The molecule has 1 aliphatic rings. The average Bonchev–Trinajstić information content (AvgIpc) is 2.76. The Kier molecular flexibility index (Phi) is 4.18. The van der Waals surface area contributed by atoms with Crippen LogP contribution in [0.3, 0.4) is 0 Å². The van der Waals surface area contributed by atoms with Gasteiger partial charge in [-0.2, -0.15) is 5.10 Å². The monoisotopic (exact) mass is 236 g/mol. The van der Waals surface area contributed by atoms with Gasteiger partial charge in [0.05, 0.1) is 6.20 Å². The van der Waals surface area contributed by atoms with Crippen molar-refractivity contribution in [3.8, 4) is 0 Å². The van der Waals surface area contributed by atoms with Crippen LogP contribution in [0.2, 0.25) is 0 Å². The lowest BCUT2D eigenvalue weighted by Crippen LogP contribution is -2.39. The smallest absolute Gasteiger partial charge is 0.0537 e. The molecular formula is C13H24N4. The van der Waals surface area contributed by atoms with E-state index < -0.39 is 0 Å². The van der Waals surface area contributed by atoms with Crippen LogP contribution in [0.4, 0.5) is 0 Å². The Hall–Kier alpha value is -0.870. The summed E-state index contributed by atoms with van der Waals surface area (Å²) in [5.41, 5.74) is 7.38. The fraction of sp³-hybridized carbons (Fsp3) is 0.769. The topological polar surface area (TPSA) is 47.1 Å². The first kappa shape index (κ1) is 12.6. The van der Waals surface area contributed by atoms with Crippen molar-refractivity contribution >= 4 is 0 Å². The second kappa shape index (κ2) is 5.65. The number of aromatic nitrogens is 2. The van der Waals surface area contributed by atoms with Gasteiger partial charge in [0.1, 0.15) is 0 Å². The number of hydrogen-bond acceptors (Lipinski definition) is 3. The highest BCUT2D eigenvalue weighted by atomic mass is 15.2. The van der Waals surface area contributed by atoms with E-state index in [2.05, 4.69) is 16.9 Å². The van der Waals surface area contributed by atoms with Crippen LogP contribution in [0.5, 0.6) is 0 Å². The molecule has 2 N–H and O–H groups in total. The van der Waals surface area contributed by atoms with Gasteiger partial charge in [-0.25, -0.2) is 0 Å². The van der Waals surface area contributed by atoms with Crippen molar-refractivity contribution in [3.63, 3.8) is 0 Å². The standard InChI is InChI=1S/C13H24N4/c1-3-11-5-4-6-17(8-11)10-13(14)12-7-15-16(2)9-12/h7,9,11,13H,3-6,8,10,14H2,1-2H3. The lowest BCUT2D eigenvalue weighted by molar-refractivity contribution is 0.163. The highest BCUT2D eigenvalue weighted by Gasteiger charge is 2.20. The predicted molar refractivity (Wildman–Crippen MR) is 69.6 cm³/mol. The molecule has 0 bridgehead atoms. The van der Waals surface area contributed by atoms with Crippen LogP contribution < -0.4 is 5.73 Å². The van der Waals surface area contributed by atoms with Gasteiger partial charge in [0.15, 0.2) is 0 Å². The molecule has 0 radical (unpaired) electrons. The Morgan fingerprint density at radius 2 is 2.41 bits per heavy atom. The maximum absolute atomic E-state index is 6.23. The van der Waals surface area contributed by atoms with E-state index >= 15 is 0 Å². The molecule has 0 saturated carbocycles. The van der Waals surface area contributed by atoms with E-state index in [4.69, 9.17) is 5.73 Å². The Balaban J connectivity index is 1.87. The number of nitrogens with two attached hydrogens (primary N) is 1. The van der Waals surface area contributed by atoms with Gasteiger partial charge in [0.2, 0.25) is 0 Å². The Morgan fingerprint density at radius 3 is 3.06 bits per heavy atom. The van der Waals surface area contributed by atoms with E-state index in [9.17, 15) is 0 Å². The average molecular weight is 236 g/mol. The number of rotatable bonds is 4. The third-order valence-corrected chi connectivity index (χ3v) is 3.79. The molecular weight excluding hydrogens is 212 g/mol. The van der Waals surface area contributed by atoms with E-state index in [-0.39, 0.29) is 6.04 Å². The Labute approximate surface area is 104 Å². The van der Waals surface area contributed by atoms with Crippen molar-refractivity contribution < 1.29 is 0 Å². The molecule has 1 aliphatic heterocycles. The molecule has 2 atom stereocenters. The second-order valence-electron chi connectivity index (χ2n) is 5.23. The molecule has 96 valence electrons. The summed E-state index contributed by atoms with van der Waals surface area (Å²) in [7, 11) is 1.93. The quantitative estimate of drug-likeness (QED) is 0.862. The summed E-state index contributed by atoms with van der Waals surface area (Å²) < 4.78 is 1.82. The summed E-state index contributed by atoms with van der Waals surface area (Å²) in [6.45, 7) is 5.66. The Morgan fingerprint density at radius 1 is 1.59 bits per heavy atom. The number of piperidine rings is 1. The van der Waals surface area contributed by atoms with Crippen LogP contribution in [0, 0.1) is 5.92 Å². The summed E-state index contributed by atoms with van der Waals surface area (Å²) in [6, 6.07) is 0.0966. The number of nitrogens with zero attached hydrogens (tertiary/aromatic N) is 3.